The average Bonchev–Trinajstić information content (AvgIpc) is 2.86. The number of rotatable bonds is 8. The number of aromatic nitrogens is 4. The van der Waals surface area contributed by atoms with Gasteiger partial charge in [-0.2, -0.15) is 0 Å². The highest BCUT2D eigenvalue weighted by Gasteiger charge is 2.03. The lowest BCUT2D eigenvalue weighted by Crippen LogP contribution is -2.08. The molecule has 6 heteroatoms. The summed E-state index contributed by atoms with van der Waals surface area (Å²) in [7, 11) is 0. The smallest absolute Gasteiger partial charge is 0.203 e. The van der Waals surface area contributed by atoms with Crippen LogP contribution in [0.2, 0.25) is 0 Å². The summed E-state index contributed by atoms with van der Waals surface area (Å²) in [5.74, 6) is 0.767. The lowest BCUT2D eigenvalue weighted by atomic mass is 10.3. The van der Waals surface area contributed by atoms with Gasteiger partial charge >= 0.3 is 0 Å². The molecule has 0 spiro atoms. The van der Waals surface area contributed by atoms with Crippen LogP contribution < -0.4 is 5.32 Å². The maximum atomic E-state index is 5.49. The highest BCUT2D eigenvalue weighted by atomic mass is 16.5. The molecule has 98 valence electrons. The van der Waals surface area contributed by atoms with Crippen molar-refractivity contribution in [3.8, 4) is 0 Å². The minimum Gasteiger partial charge on any atom is -0.381 e. The van der Waals surface area contributed by atoms with Gasteiger partial charge in [-0.15, -0.1) is 10.2 Å². The van der Waals surface area contributed by atoms with E-state index in [1.165, 1.54) is 6.42 Å². The first-order valence-electron chi connectivity index (χ1n) is 6.37. The Bertz CT molecular complexity index is 470. The van der Waals surface area contributed by atoms with E-state index < -0.39 is 0 Å². The fourth-order valence-electron chi connectivity index (χ4n) is 1.61. The number of anilines is 1. The van der Waals surface area contributed by atoms with Crippen LogP contribution in [-0.4, -0.2) is 39.3 Å². The predicted molar refractivity (Wildman–Crippen MR) is 69.6 cm³/mol. The van der Waals surface area contributed by atoms with Gasteiger partial charge in [0.15, 0.2) is 5.82 Å². The van der Waals surface area contributed by atoms with Crippen LogP contribution in [0.25, 0.3) is 5.65 Å². The van der Waals surface area contributed by atoms with Crippen LogP contribution in [0.3, 0.4) is 0 Å². The SMILES string of the molecule is CCCCOCCCNc1nccn2cnnc12. The minimum absolute atomic E-state index is 0.754. The summed E-state index contributed by atoms with van der Waals surface area (Å²) in [6.07, 6.45) is 8.49. The molecule has 0 saturated heterocycles. The summed E-state index contributed by atoms with van der Waals surface area (Å²) in [4.78, 5) is 4.25. The molecular weight excluding hydrogens is 230 g/mol. The summed E-state index contributed by atoms with van der Waals surface area (Å²) in [6.45, 7) is 4.62. The topological polar surface area (TPSA) is 64.3 Å². The lowest BCUT2D eigenvalue weighted by Gasteiger charge is -2.06. The van der Waals surface area contributed by atoms with E-state index in [0.717, 1.165) is 44.1 Å². The fraction of sp³-hybridized carbons (Fsp3) is 0.583. The van der Waals surface area contributed by atoms with E-state index in [1.807, 2.05) is 10.6 Å². The van der Waals surface area contributed by atoms with Crippen LogP contribution in [0.5, 0.6) is 0 Å². The number of fused-ring (bicyclic) bond motifs is 1. The maximum Gasteiger partial charge on any atom is 0.203 e. The van der Waals surface area contributed by atoms with Gasteiger partial charge in [0.1, 0.15) is 6.33 Å². The first-order chi connectivity index (χ1) is 8.92. The van der Waals surface area contributed by atoms with Crippen LogP contribution in [-0.2, 0) is 4.74 Å². The Morgan fingerprint density at radius 3 is 3.11 bits per heavy atom. The van der Waals surface area contributed by atoms with Crippen molar-refractivity contribution >= 4 is 11.5 Å². The molecule has 0 radical (unpaired) electrons. The number of nitrogens with zero attached hydrogens (tertiary/aromatic N) is 4. The summed E-state index contributed by atoms with van der Waals surface area (Å²) >= 11 is 0. The number of hydrogen-bond acceptors (Lipinski definition) is 5. The molecule has 0 saturated carbocycles. The van der Waals surface area contributed by atoms with Crippen molar-refractivity contribution in [2.75, 3.05) is 25.1 Å². The molecular formula is C12H19N5O. The van der Waals surface area contributed by atoms with Crippen molar-refractivity contribution in [1.29, 1.82) is 0 Å². The van der Waals surface area contributed by atoms with Gasteiger partial charge in [-0.3, -0.25) is 4.40 Å². The van der Waals surface area contributed by atoms with Crippen molar-refractivity contribution in [1.82, 2.24) is 19.6 Å². The normalized spacial score (nSPS) is 10.9. The van der Waals surface area contributed by atoms with E-state index in [4.69, 9.17) is 4.74 Å². The molecule has 2 aromatic heterocycles. The zero-order chi connectivity index (χ0) is 12.6. The Morgan fingerprint density at radius 2 is 2.22 bits per heavy atom. The first-order valence-corrected chi connectivity index (χ1v) is 6.37. The zero-order valence-electron chi connectivity index (χ0n) is 10.7. The highest BCUT2D eigenvalue weighted by molar-refractivity contribution is 5.61. The van der Waals surface area contributed by atoms with Gasteiger partial charge in [0.25, 0.3) is 0 Å². The van der Waals surface area contributed by atoms with Crippen molar-refractivity contribution < 1.29 is 4.74 Å². The van der Waals surface area contributed by atoms with E-state index in [0.29, 0.717) is 0 Å². The quantitative estimate of drug-likeness (QED) is 0.722. The fourth-order valence-corrected chi connectivity index (χ4v) is 1.61. The van der Waals surface area contributed by atoms with Crippen molar-refractivity contribution in [3.05, 3.63) is 18.7 Å². The largest absolute Gasteiger partial charge is 0.381 e. The molecule has 0 amide bonds. The zero-order valence-corrected chi connectivity index (χ0v) is 10.7. The van der Waals surface area contributed by atoms with Gasteiger partial charge < -0.3 is 10.1 Å². The van der Waals surface area contributed by atoms with Crippen LogP contribution in [0.15, 0.2) is 18.7 Å². The molecule has 0 unspecified atom stereocenters. The van der Waals surface area contributed by atoms with Crippen LogP contribution in [0, 0.1) is 0 Å². The molecule has 0 atom stereocenters. The van der Waals surface area contributed by atoms with E-state index in [1.54, 1.807) is 12.5 Å². The van der Waals surface area contributed by atoms with Gasteiger partial charge in [-0.05, 0) is 12.8 Å². The van der Waals surface area contributed by atoms with Crippen LogP contribution >= 0.6 is 0 Å². The average molecular weight is 249 g/mol. The van der Waals surface area contributed by atoms with Crippen molar-refractivity contribution in [2.24, 2.45) is 0 Å². The number of ether oxygens (including phenoxy) is 1. The van der Waals surface area contributed by atoms with Gasteiger partial charge in [0, 0.05) is 32.2 Å². The number of hydrogen-bond donors (Lipinski definition) is 1. The monoisotopic (exact) mass is 249 g/mol. The summed E-state index contributed by atoms with van der Waals surface area (Å²) < 4.78 is 7.33. The molecule has 0 aromatic carbocycles. The third-order valence-corrected chi connectivity index (χ3v) is 2.62. The van der Waals surface area contributed by atoms with Gasteiger partial charge in [0.2, 0.25) is 5.65 Å². The molecule has 18 heavy (non-hydrogen) atoms. The third kappa shape index (κ3) is 3.40. The minimum atomic E-state index is 0.754. The summed E-state index contributed by atoms with van der Waals surface area (Å²) in [5, 5.41) is 11.1. The highest BCUT2D eigenvalue weighted by Crippen LogP contribution is 2.09. The van der Waals surface area contributed by atoms with Crippen LogP contribution in [0.1, 0.15) is 26.2 Å². The van der Waals surface area contributed by atoms with E-state index >= 15 is 0 Å². The number of unbranched alkanes of at least 4 members (excludes halogenated alkanes) is 1. The van der Waals surface area contributed by atoms with Crippen molar-refractivity contribution in [3.63, 3.8) is 0 Å². The molecule has 1 N–H and O–H groups in total. The summed E-state index contributed by atoms with van der Waals surface area (Å²) in [6, 6.07) is 0. The Balaban J connectivity index is 1.72. The van der Waals surface area contributed by atoms with Gasteiger partial charge in [-0.1, -0.05) is 13.3 Å². The molecule has 2 rings (SSSR count). The molecule has 0 fully saturated rings. The molecule has 0 aliphatic heterocycles. The standard InChI is InChI=1S/C12H19N5O/c1-2-3-8-18-9-4-5-13-11-12-16-15-10-17(12)7-6-14-11/h6-7,10H,2-5,8-9H2,1H3,(H,13,14). The molecule has 0 aliphatic carbocycles. The lowest BCUT2D eigenvalue weighted by molar-refractivity contribution is 0.131. The Morgan fingerprint density at radius 1 is 1.33 bits per heavy atom. The second-order valence-electron chi connectivity index (χ2n) is 4.08. The first kappa shape index (κ1) is 12.8. The van der Waals surface area contributed by atoms with E-state index in [2.05, 4.69) is 27.4 Å². The summed E-state index contributed by atoms with van der Waals surface area (Å²) in [5.41, 5.74) is 0.754. The van der Waals surface area contributed by atoms with Crippen molar-refractivity contribution in [2.45, 2.75) is 26.2 Å². The second-order valence-corrected chi connectivity index (χ2v) is 4.08. The maximum absolute atomic E-state index is 5.49. The molecule has 0 aliphatic rings. The molecule has 2 heterocycles. The number of nitrogens with one attached hydrogen (secondary N) is 1. The van der Waals surface area contributed by atoms with Gasteiger partial charge in [-0.25, -0.2) is 4.98 Å². The van der Waals surface area contributed by atoms with E-state index in [9.17, 15) is 0 Å². The molecule has 0 bridgehead atoms. The van der Waals surface area contributed by atoms with Crippen LogP contribution in [0.4, 0.5) is 5.82 Å². The molecule has 2 aromatic rings. The Kier molecular flexibility index (Phi) is 4.89. The molecule has 6 nitrogen and oxygen atoms in total. The Hall–Kier alpha value is -1.69. The van der Waals surface area contributed by atoms with E-state index in [-0.39, 0.29) is 0 Å². The second kappa shape index (κ2) is 6.90. The predicted octanol–water partition coefficient (Wildman–Crippen LogP) is 1.74. The third-order valence-electron chi connectivity index (χ3n) is 2.62. The Labute approximate surface area is 106 Å². The van der Waals surface area contributed by atoms with Gasteiger partial charge in [0.05, 0.1) is 0 Å².